The SMILES string of the molecule is Cc1[nH]c(=O)[nH]c1-c1ccccc1F. The number of aromatic nitrogens is 2. The van der Waals surface area contributed by atoms with Gasteiger partial charge in [0.05, 0.1) is 5.69 Å². The molecule has 0 spiro atoms. The zero-order valence-electron chi connectivity index (χ0n) is 7.60. The van der Waals surface area contributed by atoms with Gasteiger partial charge in [-0.3, -0.25) is 0 Å². The van der Waals surface area contributed by atoms with E-state index in [0.717, 1.165) is 0 Å². The first-order valence-electron chi connectivity index (χ1n) is 4.22. The number of nitrogens with one attached hydrogen (secondary N) is 2. The molecule has 0 fully saturated rings. The molecule has 0 atom stereocenters. The fraction of sp³-hybridized carbons (Fsp3) is 0.100. The first kappa shape index (κ1) is 8.74. The molecule has 4 heteroatoms. The highest BCUT2D eigenvalue weighted by atomic mass is 19.1. The Morgan fingerprint density at radius 3 is 2.50 bits per heavy atom. The summed E-state index contributed by atoms with van der Waals surface area (Å²) in [4.78, 5) is 16.1. The lowest BCUT2D eigenvalue weighted by Gasteiger charge is -2.00. The maximum Gasteiger partial charge on any atom is 0.323 e. The quantitative estimate of drug-likeness (QED) is 0.711. The number of hydrogen-bond donors (Lipinski definition) is 2. The van der Waals surface area contributed by atoms with Gasteiger partial charge >= 0.3 is 5.69 Å². The highest BCUT2D eigenvalue weighted by Gasteiger charge is 2.09. The average Bonchev–Trinajstić information content (AvgIpc) is 2.46. The zero-order valence-corrected chi connectivity index (χ0v) is 7.60. The number of aryl methyl sites for hydroxylation is 1. The summed E-state index contributed by atoms with van der Waals surface area (Å²) in [6.45, 7) is 1.72. The van der Waals surface area contributed by atoms with Crippen LogP contribution in [0.2, 0.25) is 0 Å². The van der Waals surface area contributed by atoms with Crippen molar-refractivity contribution >= 4 is 0 Å². The molecule has 0 unspecified atom stereocenters. The van der Waals surface area contributed by atoms with Gasteiger partial charge in [0.25, 0.3) is 0 Å². The van der Waals surface area contributed by atoms with Crippen molar-refractivity contribution in [1.29, 1.82) is 0 Å². The Balaban J connectivity index is 2.66. The van der Waals surface area contributed by atoms with Crippen LogP contribution in [-0.2, 0) is 0 Å². The second kappa shape index (κ2) is 3.14. The van der Waals surface area contributed by atoms with E-state index in [-0.39, 0.29) is 11.5 Å². The predicted octanol–water partition coefficient (Wildman–Crippen LogP) is 1.82. The summed E-state index contributed by atoms with van der Waals surface area (Å²) in [5.41, 5.74) is 1.23. The minimum atomic E-state index is -0.342. The third-order valence-corrected chi connectivity index (χ3v) is 2.06. The molecule has 0 saturated heterocycles. The van der Waals surface area contributed by atoms with Crippen molar-refractivity contribution in [2.24, 2.45) is 0 Å². The summed E-state index contributed by atoms with van der Waals surface area (Å²) >= 11 is 0. The molecule has 3 nitrogen and oxygen atoms in total. The maximum absolute atomic E-state index is 13.3. The predicted molar refractivity (Wildman–Crippen MR) is 51.5 cm³/mol. The van der Waals surface area contributed by atoms with Crippen LogP contribution in [0.3, 0.4) is 0 Å². The Bertz CT molecular complexity index is 513. The van der Waals surface area contributed by atoms with E-state index < -0.39 is 0 Å². The minimum absolute atomic E-state index is 0.319. The number of rotatable bonds is 1. The van der Waals surface area contributed by atoms with Gasteiger partial charge in [0.2, 0.25) is 0 Å². The number of benzene rings is 1. The van der Waals surface area contributed by atoms with Gasteiger partial charge in [0, 0.05) is 11.3 Å². The van der Waals surface area contributed by atoms with Crippen molar-refractivity contribution in [3.8, 4) is 11.3 Å². The van der Waals surface area contributed by atoms with Gasteiger partial charge < -0.3 is 9.97 Å². The fourth-order valence-electron chi connectivity index (χ4n) is 1.40. The molecule has 2 N–H and O–H groups in total. The summed E-state index contributed by atoms with van der Waals surface area (Å²) in [6.07, 6.45) is 0. The van der Waals surface area contributed by atoms with E-state index in [4.69, 9.17) is 0 Å². The van der Waals surface area contributed by atoms with Crippen LogP contribution in [0.25, 0.3) is 11.3 Å². The molecule has 2 rings (SSSR count). The van der Waals surface area contributed by atoms with Gasteiger partial charge in [0.1, 0.15) is 5.82 Å². The van der Waals surface area contributed by atoms with Crippen molar-refractivity contribution < 1.29 is 4.39 Å². The van der Waals surface area contributed by atoms with E-state index in [2.05, 4.69) is 9.97 Å². The van der Waals surface area contributed by atoms with Crippen molar-refractivity contribution in [2.45, 2.75) is 6.92 Å². The molecular weight excluding hydrogens is 183 g/mol. The summed E-state index contributed by atoms with van der Waals surface area (Å²) < 4.78 is 13.3. The van der Waals surface area contributed by atoms with Crippen LogP contribution in [-0.4, -0.2) is 9.97 Å². The van der Waals surface area contributed by atoms with Gasteiger partial charge in [0.15, 0.2) is 0 Å². The Morgan fingerprint density at radius 1 is 1.21 bits per heavy atom. The molecule has 0 bridgehead atoms. The second-order valence-electron chi connectivity index (χ2n) is 3.06. The standard InChI is InChI=1S/C10H9FN2O/c1-6-9(13-10(14)12-6)7-4-2-3-5-8(7)11/h2-5H,1H3,(H2,12,13,14). The number of imidazole rings is 1. The van der Waals surface area contributed by atoms with E-state index in [1.165, 1.54) is 6.07 Å². The van der Waals surface area contributed by atoms with Crippen molar-refractivity contribution in [1.82, 2.24) is 9.97 Å². The smallest absolute Gasteiger partial charge is 0.310 e. The molecule has 1 aromatic heterocycles. The Hall–Kier alpha value is -1.84. The molecular formula is C10H9FN2O. The van der Waals surface area contributed by atoms with E-state index in [1.54, 1.807) is 25.1 Å². The highest BCUT2D eigenvalue weighted by molar-refractivity contribution is 5.61. The molecule has 72 valence electrons. The van der Waals surface area contributed by atoms with Gasteiger partial charge in [-0.25, -0.2) is 9.18 Å². The van der Waals surface area contributed by atoms with E-state index in [1.807, 2.05) is 0 Å². The number of H-pyrrole nitrogens is 2. The van der Waals surface area contributed by atoms with Gasteiger partial charge in [-0.05, 0) is 19.1 Å². The lowest BCUT2D eigenvalue weighted by atomic mass is 10.1. The van der Waals surface area contributed by atoms with Crippen LogP contribution in [0.15, 0.2) is 29.1 Å². The number of aromatic amines is 2. The topological polar surface area (TPSA) is 48.6 Å². The molecule has 0 radical (unpaired) electrons. The second-order valence-corrected chi connectivity index (χ2v) is 3.06. The molecule has 0 aliphatic carbocycles. The fourth-order valence-corrected chi connectivity index (χ4v) is 1.40. The normalized spacial score (nSPS) is 10.4. The van der Waals surface area contributed by atoms with Crippen LogP contribution >= 0.6 is 0 Å². The average molecular weight is 192 g/mol. The van der Waals surface area contributed by atoms with Crippen LogP contribution in [0.1, 0.15) is 5.69 Å². The van der Waals surface area contributed by atoms with Gasteiger partial charge in [-0.2, -0.15) is 0 Å². The first-order chi connectivity index (χ1) is 6.68. The molecule has 0 amide bonds. The summed E-state index contributed by atoms with van der Waals surface area (Å²) in [6, 6.07) is 6.32. The van der Waals surface area contributed by atoms with Crippen molar-refractivity contribution in [2.75, 3.05) is 0 Å². The minimum Gasteiger partial charge on any atom is -0.310 e. The van der Waals surface area contributed by atoms with E-state index >= 15 is 0 Å². The lowest BCUT2D eigenvalue weighted by Crippen LogP contribution is -2.00. The number of hydrogen-bond acceptors (Lipinski definition) is 1. The zero-order chi connectivity index (χ0) is 10.1. The molecule has 1 aromatic carbocycles. The Kier molecular flexibility index (Phi) is 1.96. The lowest BCUT2D eigenvalue weighted by molar-refractivity contribution is 0.630. The van der Waals surface area contributed by atoms with Gasteiger partial charge in [-0.15, -0.1) is 0 Å². The Morgan fingerprint density at radius 2 is 1.93 bits per heavy atom. The summed E-state index contributed by atoms with van der Waals surface area (Å²) in [7, 11) is 0. The third-order valence-electron chi connectivity index (χ3n) is 2.06. The number of halogens is 1. The van der Waals surface area contributed by atoms with Crippen molar-refractivity contribution in [3.05, 3.63) is 46.3 Å². The largest absolute Gasteiger partial charge is 0.323 e. The molecule has 2 aromatic rings. The molecule has 1 heterocycles. The summed E-state index contributed by atoms with van der Waals surface area (Å²) in [5.74, 6) is -0.342. The van der Waals surface area contributed by atoms with Crippen molar-refractivity contribution in [3.63, 3.8) is 0 Å². The highest BCUT2D eigenvalue weighted by Crippen LogP contribution is 2.21. The van der Waals surface area contributed by atoms with Crippen LogP contribution in [0, 0.1) is 12.7 Å². The van der Waals surface area contributed by atoms with Crippen LogP contribution < -0.4 is 5.69 Å². The molecule has 0 saturated carbocycles. The monoisotopic (exact) mass is 192 g/mol. The van der Waals surface area contributed by atoms with E-state index in [9.17, 15) is 9.18 Å². The van der Waals surface area contributed by atoms with E-state index in [0.29, 0.717) is 17.0 Å². The molecule has 0 aliphatic heterocycles. The summed E-state index contributed by atoms with van der Waals surface area (Å²) in [5, 5.41) is 0. The van der Waals surface area contributed by atoms with Crippen LogP contribution in [0.5, 0.6) is 0 Å². The van der Waals surface area contributed by atoms with Gasteiger partial charge in [-0.1, -0.05) is 12.1 Å². The Labute approximate surface area is 79.6 Å². The molecule has 14 heavy (non-hydrogen) atoms. The third kappa shape index (κ3) is 1.35. The maximum atomic E-state index is 13.3. The molecule has 0 aliphatic rings. The van der Waals surface area contributed by atoms with Crippen LogP contribution in [0.4, 0.5) is 4.39 Å². The first-order valence-corrected chi connectivity index (χ1v) is 4.22.